The summed E-state index contributed by atoms with van der Waals surface area (Å²) in [5.41, 5.74) is 1.41. The fourth-order valence-electron chi connectivity index (χ4n) is 3.00. The van der Waals surface area contributed by atoms with Gasteiger partial charge in [0, 0.05) is 38.3 Å². The van der Waals surface area contributed by atoms with Gasteiger partial charge in [0.25, 0.3) is 0 Å². The molecule has 2 atom stereocenters. The fraction of sp³-hybridized carbons (Fsp3) is 0.647. The lowest BCUT2D eigenvalue weighted by Gasteiger charge is -2.40. The molecule has 1 saturated heterocycles. The molecule has 2 unspecified atom stereocenters. The van der Waals surface area contributed by atoms with Gasteiger partial charge in [-0.2, -0.15) is 0 Å². The molecule has 0 aromatic heterocycles. The number of hydrogen-bond acceptors (Lipinski definition) is 3. The molecule has 1 aliphatic rings. The molecular formula is C17H28N2O. The van der Waals surface area contributed by atoms with E-state index in [9.17, 15) is 0 Å². The van der Waals surface area contributed by atoms with Crippen molar-refractivity contribution < 1.29 is 4.74 Å². The van der Waals surface area contributed by atoms with Crippen LogP contribution in [0.4, 0.5) is 0 Å². The van der Waals surface area contributed by atoms with Crippen LogP contribution < -0.4 is 5.32 Å². The Kier molecular flexibility index (Phi) is 6.51. The van der Waals surface area contributed by atoms with Gasteiger partial charge in [-0.25, -0.2) is 0 Å². The van der Waals surface area contributed by atoms with Crippen molar-refractivity contribution in [2.24, 2.45) is 0 Å². The minimum absolute atomic E-state index is 0.477. The summed E-state index contributed by atoms with van der Waals surface area (Å²) in [6.07, 6.45) is 2.50. The third kappa shape index (κ3) is 4.30. The number of benzene rings is 1. The maximum absolute atomic E-state index is 5.55. The molecule has 0 bridgehead atoms. The van der Waals surface area contributed by atoms with Crippen LogP contribution in [0, 0.1) is 0 Å². The molecule has 0 amide bonds. The van der Waals surface area contributed by atoms with Crippen molar-refractivity contribution in [3.8, 4) is 0 Å². The van der Waals surface area contributed by atoms with Crippen LogP contribution in [0.3, 0.4) is 0 Å². The smallest absolute Gasteiger partial charge is 0.0593 e. The number of nitrogens with zero attached hydrogens (tertiary/aromatic N) is 1. The van der Waals surface area contributed by atoms with Gasteiger partial charge in [-0.3, -0.25) is 4.90 Å². The average molecular weight is 276 g/mol. The molecular weight excluding hydrogens is 248 g/mol. The summed E-state index contributed by atoms with van der Waals surface area (Å²) in [6.45, 7) is 9.15. The van der Waals surface area contributed by atoms with Crippen LogP contribution in [-0.2, 0) is 4.74 Å². The van der Waals surface area contributed by atoms with Crippen LogP contribution in [0.15, 0.2) is 30.3 Å². The maximum atomic E-state index is 5.55. The first kappa shape index (κ1) is 15.5. The minimum Gasteiger partial charge on any atom is -0.380 e. The number of ether oxygens (including phenoxy) is 1. The van der Waals surface area contributed by atoms with E-state index in [2.05, 4.69) is 54.4 Å². The Balaban J connectivity index is 2.00. The quantitative estimate of drug-likeness (QED) is 0.775. The van der Waals surface area contributed by atoms with E-state index in [0.717, 1.165) is 32.8 Å². The molecule has 1 aromatic rings. The van der Waals surface area contributed by atoms with Crippen LogP contribution in [0.2, 0.25) is 0 Å². The van der Waals surface area contributed by atoms with E-state index in [0.29, 0.717) is 12.1 Å². The van der Waals surface area contributed by atoms with Crippen molar-refractivity contribution in [2.45, 2.75) is 38.8 Å². The normalized spacial score (nSPS) is 23.9. The van der Waals surface area contributed by atoms with Crippen molar-refractivity contribution in [1.82, 2.24) is 10.2 Å². The van der Waals surface area contributed by atoms with Crippen molar-refractivity contribution in [3.63, 3.8) is 0 Å². The number of rotatable bonds is 7. The first-order valence-corrected chi connectivity index (χ1v) is 7.95. The molecule has 112 valence electrons. The predicted octanol–water partition coefficient (Wildman–Crippen LogP) is 2.84. The molecule has 1 N–H and O–H groups in total. The van der Waals surface area contributed by atoms with Gasteiger partial charge in [0.2, 0.25) is 0 Å². The summed E-state index contributed by atoms with van der Waals surface area (Å²) in [7, 11) is 0. The standard InChI is InChI=1S/C17H28N2O/c1-3-8-16-14-19(11-12-20-4-2)17(13-18-16)15-9-6-5-7-10-15/h5-7,9-10,16-18H,3-4,8,11-14H2,1-2H3. The first-order chi connectivity index (χ1) is 9.85. The monoisotopic (exact) mass is 276 g/mol. The molecule has 20 heavy (non-hydrogen) atoms. The zero-order valence-corrected chi connectivity index (χ0v) is 12.8. The van der Waals surface area contributed by atoms with Gasteiger partial charge in [-0.1, -0.05) is 43.7 Å². The molecule has 0 spiro atoms. The fourth-order valence-corrected chi connectivity index (χ4v) is 3.00. The molecule has 0 aliphatic carbocycles. The Morgan fingerprint density at radius 2 is 2.05 bits per heavy atom. The number of hydrogen-bond donors (Lipinski definition) is 1. The summed E-state index contributed by atoms with van der Waals surface area (Å²) in [6, 6.07) is 11.9. The summed E-state index contributed by atoms with van der Waals surface area (Å²) >= 11 is 0. The van der Waals surface area contributed by atoms with Crippen molar-refractivity contribution >= 4 is 0 Å². The lowest BCUT2D eigenvalue weighted by atomic mass is 9.99. The Morgan fingerprint density at radius 1 is 1.25 bits per heavy atom. The summed E-state index contributed by atoms with van der Waals surface area (Å²) in [4.78, 5) is 2.59. The van der Waals surface area contributed by atoms with E-state index < -0.39 is 0 Å². The van der Waals surface area contributed by atoms with Crippen LogP contribution in [0.5, 0.6) is 0 Å². The van der Waals surface area contributed by atoms with Crippen LogP contribution in [0.25, 0.3) is 0 Å². The van der Waals surface area contributed by atoms with Crippen LogP contribution >= 0.6 is 0 Å². The Morgan fingerprint density at radius 3 is 2.75 bits per heavy atom. The molecule has 3 heteroatoms. The highest BCUT2D eigenvalue weighted by Gasteiger charge is 2.27. The highest BCUT2D eigenvalue weighted by molar-refractivity contribution is 5.20. The summed E-state index contributed by atoms with van der Waals surface area (Å²) in [5, 5.41) is 3.71. The second-order valence-corrected chi connectivity index (χ2v) is 5.51. The first-order valence-electron chi connectivity index (χ1n) is 7.95. The zero-order valence-electron chi connectivity index (χ0n) is 12.8. The van der Waals surface area contributed by atoms with Gasteiger partial charge in [0.05, 0.1) is 6.61 Å². The van der Waals surface area contributed by atoms with Crippen molar-refractivity contribution in [2.75, 3.05) is 32.8 Å². The lowest BCUT2D eigenvalue weighted by molar-refractivity contribution is 0.0686. The molecule has 0 radical (unpaired) electrons. The summed E-state index contributed by atoms with van der Waals surface area (Å²) < 4.78 is 5.55. The molecule has 3 nitrogen and oxygen atoms in total. The Hall–Kier alpha value is -0.900. The second-order valence-electron chi connectivity index (χ2n) is 5.51. The third-order valence-corrected chi connectivity index (χ3v) is 4.04. The topological polar surface area (TPSA) is 24.5 Å². The SMILES string of the molecule is CCCC1CN(CCOCC)C(c2ccccc2)CN1. The molecule has 1 aromatic carbocycles. The largest absolute Gasteiger partial charge is 0.380 e. The van der Waals surface area contributed by atoms with E-state index in [4.69, 9.17) is 4.74 Å². The molecule has 1 aliphatic heterocycles. The Bertz CT molecular complexity index is 369. The number of nitrogens with one attached hydrogen (secondary N) is 1. The number of piperazine rings is 1. The molecule has 1 fully saturated rings. The lowest BCUT2D eigenvalue weighted by Crippen LogP contribution is -2.52. The minimum atomic E-state index is 0.477. The van der Waals surface area contributed by atoms with E-state index in [1.165, 1.54) is 18.4 Å². The van der Waals surface area contributed by atoms with Crippen LogP contribution in [0.1, 0.15) is 38.3 Å². The second kappa shape index (κ2) is 8.40. The molecule has 1 heterocycles. The predicted molar refractivity (Wildman–Crippen MR) is 83.9 cm³/mol. The molecule has 2 rings (SSSR count). The van der Waals surface area contributed by atoms with Gasteiger partial charge in [-0.15, -0.1) is 0 Å². The van der Waals surface area contributed by atoms with E-state index in [1.54, 1.807) is 0 Å². The van der Waals surface area contributed by atoms with E-state index >= 15 is 0 Å². The molecule has 0 saturated carbocycles. The van der Waals surface area contributed by atoms with Gasteiger partial charge in [0.1, 0.15) is 0 Å². The average Bonchev–Trinajstić information content (AvgIpc) is 2.49. The van der Waals surface area contributed by atoms with E-state index in [-0.39, 0.29) is 0 Å². The van der Waals surface area contributed by atoms with Crippen molar-refractivity contribution in [1.29, 1.82) is 0 Å². The van der Waals surface area contributed by atoms with Gasteiger partial charge in [-0.05, 0) is 18.9 Å². The van der Waals surface area contributed by atoms with Gasteiger partial charge < -0.3 is 10.1 Å². The van der Waals surface area contributed by atoms with Crippen LogP contribution in [-0.4, -0.2) is 43.8 Å². The van der Waals surface area contributed by atoms with Crippen molar-refractivity contribution in [3.05, 3.63) is 35.9 Å². The maximum Gasteiger partial charge on any atom is 0.0593 e. The highest BCUT2D eigenvalue weighted by atomic mass is 16.5. The van der Waals surface area contributed by atoms with Gasteiger partial charge >= 0.3 is 0 Å². The zero-order chi connectivity index (χ0) is 14.2. The van der Waals surface area contributed by atoms with E-state index in [1.807, 2.05) is 0 Å². The summed E-state index contributed by atoms with van der Waals surface area (Å²) in [5.74, 6) is 0. The Labute approximate surface area is 123 Å². The van der Waals surface area contributed by atoms with Gasteiger partial charge in [0.15, 0.2) is 0 Å². The third-order valence-electron chi connectivity index (χ3n) is 4.04. The highest BCUT2D eigenvalue weighted by Crippen LogP contribution is 2.24.